The van der Waals surface area contributed by atoms with Gasteiger partial charge in [0, 0.05) is 17.0 Å². The predicted octanol–water partition coefficient (Wildman–Crippen LogP) is 4.00. The van der Waals surface area contributed by atoms with Gasteiger partial charge in [-0.2, -0.15) is 0 Å². The van der Waals surface area contributed by atoms with Gasteiger partial charge in [-0.15, -0.1) is 0 Å². The van der Waals surface area contributed by atoms with E-state index >= 15 is 0 Å². The van der Waals surface area contributed by atoms with Crippen molar-refractivity contribution in [1.82, 2.24) is 5.16 Å². The number of carbonyl (C=O) groups excluding carboxylic acids is 2. The molecule has 0 saturated heterocycles. The second kappa shape index (κ2) is 7.19. The number of anilines is 1. The third-order valence-corrected chi connectivity index (χ3v) is 4.43. The fraction of sp³-hybridized carbons (Fsp3) is 0.190. The van der Waals surface area contributed by atoms with Crippen LogP contribution in [0.2, 0.25) is 0 Å². The van der Waals surface area contributed by atoms with Crippen LogP contribution in [0.3, 0.4) is 0 Å². The average Bonchev–Trinajstić information content (AvgIpc) is 3.27. The molecule has 0 aliphatic carbocycles. The first-order valence-corrected chi connectivity index (χ1v) is 8.83. The van der Waals surface area contributed by atoms with Gasteiger partial charge in [-0.25, -0.2) is 0 Å². The van der Waals surface area contributed by atoms with Crippen LogP contribution >= 0.6 is 0 Å². The minimum atomic E-state index is -0.979. The Morgan fingerprint density at radius 3 is 2.82 bits per heavy atom. The average molecular weight is 378 g/mol. The topological polar surface area (TPSA) is 94.6 Å². The standard InChI is InChI=1S/C21H18N2O5/c1-12-9-18(28-23-12)22-21(25)13(2)27-19(24)10-15-11-26-17-8-7-14-5-3-4-6-16(14)20(15)17/h3-9,11,13H,10H2,1-2H3,(H,22,25). The highest BCUT2D eigenvalue weighted by Gasteiger charge is 2.21. The molecule has 0 aliphatic rings. The molecule has 0 aliphatic heterocycles. The molecule has 4 aromatic rings. The number of amides is 1. The Hall–Kier alpha value is -3.61. The molecule has 2 aromatic carbocycles. The summed E-state index contributed by atoms with van der Waals surface area (Å²) in [6.07, 6.45) is 0.577. The Labute approximate surface area is 160 Å². The number of fused-ring (bicyclic) bond motifs is 3. The van der Waals surface area contributed by atoms with E-state index < -0.39 is 18.0 Å². The lowest BCUT2D eigenvalue weighted by molar-refractivity contribution is -0.152. The Kier molecular flexibility index (Phi) is 4.57. The predicted molar refractivity (Wildman–Crippen MR) is 103 cm³/mol. The van der Waals surface area contributed by atoms with Crippen molar-refractivity contribution in [2.45, 2.75) is 26.4 Å². The maximum absolute atomic E-state index is 12.4. The molecule has 2 aromatic heterocycles. The smallest absolute Gasteiger partial charge is 0.311 e. The summed E-state index contributed by atoms with van der Waals surface area (Å²) in [7, 11) is 0. The number of nitrogens with one attached hydrogen (secondary N) is 1. The first-order valence-electron chi connectivity index (χ1n) is 8.83. The molecule has 4 rings (SSSR count). The highest BCUT2D eigenvalue weighted by Crippen LogP contribution is 2.30. The molecule has 0 bridgehead atoms. The highest BCUT2D eigenvalue weighted by atomic mass is 16.5. The molecule has 28 heavy (non-hydrogen) atoms. The van der Waals surface area contributed by atoms with Crippen molar-refractivity contribution in [3.8, 4) is 0 Å². The van der Waals surface area contributed by atoms with Gasteiger partial charge in [-0.1, -0.05) is 35.5 Å². The molecule has 1 N–H and O–H groups in total. The fourth-order valence-corrected chi connectivity index (χ4v) is 3.10. The maximum atomic E-state index is 12.4. The van der Waals surface area contributed by atoms with Crippen LogP contribution in [0.5, 0.6) is 0 Å². The molecule has 0 spiro atoms. The van der Waals surface area contributed by atoms with Crippen molar-refractivity contribution >= 4 is 39.5 Å². The zero-order chi connectivity index (χ0) is 19.7. The zero-order valence-corrected chi connectivity index (χ0v) is 15.4. The van der Waals surface area contributed by atoms with Crippen LogP contribution in [0.25, 0.3) is 21.7 Å². The number of ether oxygens (including phenoxy) is 1. The van der Waals surface area contributed by atoms with Gasteiger partial charge in [0.2, 0.25) is 5.88 Å². The monoisotopic (exact) mass is 378 g/mol. The Morgan fingerprint density at radius 1 is 1.21 bits per heavy atom. The van der Waals surface area contributed by atoms with E-state index in [1.807, 2.05) is 36.4 Å². The quantitative estimate of drug-likeness (QED) is 0.528. The minimum absolute atomic E-state index is 0.0000430. The van der Waals surface area contributed by atoms with Crippen LogP contribution in [0.1, 0.15) is 18.2 Å². The van der Waals surface area contributed by atoms with Crippen LogP contribution in [-0.2, 0) is 20.7 Å². The van der Waals surface area contributed by atoms with E-state index in [0.717, 1.165) is 21.7 Å². The molecule has 0 fully saturated rings. The van der Waals surface area contributed by atoms with Crippen LogP contribution in [-0.4, -0.2) is 23.1 Å². The Bertz CT molecular complexity index is 1170. The first kappa shape index (κ1) is 17.8. The van der Waals surface area contributed by atoms with E-state index in [-0.39, 0.29) is 12.3 Å². The summed E-state index contributed by atoms with van der Waals surface area (Å²) in [4.78, 5) is 24.5. The summed E-state index contributed by atoms with van der Waals surface area (Å²) in [5.74, 6) is -0.809. The van der Waals surface area contributed by atoms with Crippen LogP contribution in [0, 0.1) is 6.92 Å². The summed E-state index contributed by atoms with van der Waals surface area (Å²) in [5.41, 5.74) is 2.06. The highest BCUT2D eigenvalue weighted by molar-refractivity contribution is 6.08. The van der Waals surface area contributed by atoms with Crippen LogP contribution in [0.4, 0.5) is 5.88 Å². The van der Waals surface area contributed by atoms with E-state index in [9.17, 15) is 9.59 Å². The second-order valence-corrected chi connectivity index (χ2v) is 6.55. The molecule has 1 amide bonds. The molecule has 0 radical (unpaired) electrons. The number of hydrogen-bond donors (Lipinski definition) is 1. The Balaban J connectivity index is 1.48. The Morgan fingerprint density at radius 2 is 2.04 bits per heavy atom. The van der Waals surface area contributed by atoms with Crippen molar-refractivity contribution in [3.05, 3.63) is 60.0 Å². The third kappa shape index (κ3) is 3.46. The number of benzene rings is 2. The summed E-state index contributed by atoms with van der Waals surface area (Å²) >= 11 is 0. The molecule has 1 atom stereocenters. The molecule has 2 heterocycles. The minimum Gasteiger partial charge on any atom is -0.464 e. The van der Waals surface area contributed by atoms with Gasteiger partial charge < -0.3 is 13.7 Å². The normalized spacial score (nSPS) is 12.2. The molecule has 142 valence electrons. The number of rotatable bonds is 5. The van der Waals surface area contributed by atoms with Gasteiger partial charge in [-0.05, 0) is 30.7 Å². The van der Waals surface area contributed by atoms with Gasteiger partial charge in [0.15, 0.2) is 6.10 Å². The molecule has 0 saturated carbocycles. The van der Waals surface area contributed by atoms with E-state index in [4.69, 9.17) is 13.7 Å². The van der Waals surface area contributed by atoms with Crippen molar-refractivity contribution < 1.29 is 23.3 Å². The summed E-state index contributed by atoms with van der Waals surface area (Å²) in [6.45, 7) is 3.24. The van der Waals surface area contributed by atoms with E-state index in [1.54, 1.807) is 19.3 Å². The lowest BCUT2D eigenvalue weighted by Crippen LogP contribution is -2.30. The fourth-order valence-electron chi connectivity index (χ4n) is 3.10. The van der Waals surface area contributed by atoms with Gasteiger partial charge in [0.1, 0.15) is 5.58 Å². The first-order chi connectivity index (χ1) is 13.5. The van der Waals surface area contributed by atoms with Crippen molar-refractivity contribution in [1.29, 1.82) is 0 Å². The van der Waals surface area contributed by atoms with Crippen molar-refractivity contribution in [3.63, 3.8) is 0 Å². The lowest BCUT2D eigenvalue weighted by Gasteiger charge is -2.12. The van der Waals surface area contributed by atoms with Crippen LogP contribution in [0.15, 0.2) is 57.7 Å². The molecule has 7 heteroatoms. The lowest BCUT2D eigenvalue weighted by atomic mass is 10.0. The molecule has 7 nitrogen and oxygen atoms in total. The number of furan rings is 1. The number of nitrogens with zero attached hydrogens (tertiary/aromatic N) is 1. The maximum Gasteiger partial charge on any atom is 0.311 e. The van der Waals surface area contributed by atoms with E-state index in [1.165, 1.54) is 6.92 Å². The zero-order valence-electron chi connectivity index (χ0n) is 15.4. The number of aromatic nitrogens is 1. The van der Waals surface area contributed by atoms with Crippen molar-refractivity contribution in [2.75, 3.05) is 5.32 Å². The summed E-state index contributed by atoms with van der Waals surface area (Å²) in [5, 5.41) is 9.14. The molecular formula is C21H18N2O5. The number of esters is 1. The number of aryl methyl sites for hydroxylation is 1. The van der Waals surface area contributed by atoms with E-state index in [2.05, 4.69) is 10.5 Å². The number of carbonyl (C=O) groups is 2. The molecule has 1 unspecified atom stereocenters. The van der Waals surface area contributed by atoms with E-state index in [0.29, 0.717) is 11.3 Å². The van der Waals surface area contributed by atoms with Gasteiger partial charge >= 0.3 is 5.97 Å². The van der Waals surface area contributed by atoms with Gasteiger partial charge in [-0.3, -0.25) is 14.9 Å². The third-order valence-electron chi connectivity index (χ3n) is 4.43. The summed E-state index contributed by atoms with van der Waals surface area (Å²) in [6, 6.07) is 13.3. The second-order valence-electron chi connectivity index (χ2n) is 6.55. The summed E-state index contributed by atoms with van der Waals surface area (Å²) < 4.78 is 15.8. The molecular weight excluding hydrogens is 360 g/mol. The van der Waals surface area contributed by atoms with Crippen molar-refractivity contribution in [2.24, 2.45) is 0 Å². The van der Waals surface area contributed by atoms with Crippen LogP contribution < -0.4 is 5.32 Å². The van der Waals surface area contributed by atoms with Gasteiger partial charge in [0.25, 0.3) is 5.91 Å². The largest absolute Gasteiger partial charge is 0.464 e. The number of hydrogen-bond acceptors (Lipinski definition) is 6. The van der Waals surface area contributed by atoms with Gasteiger partial charge in [0.05, 0.1) is 18.4 Å². The SMILES string of the molecule is Cc1cc(NC(=O)C(C)OC(=O)Cc2coc3ccc4ccccc4c23)on1.